The summed E-state index contributed by atoms with van der Waals surface area (Å²) in [7, 11) is 0. The maximum Gasteiger partial charge on any atom is 0.0484 e. The molecule has 0 radical (unpaired) electrons. The summed E-state index contributed by atoms with van der Waals surface area (Å²) in [4.78, 5) is 4.13. The van der Waals surface area contributed by atoms with Crippen molar-refractivity contribution in [1.29, 1.82) is 0 Å². The Kier molecular flexibility index (Phi) is 5.29. The average molecular weight is 208 g/mol. The SMILES string of the molecule is CCCOCCC(N)c1cncc(C)c1. The Hall–Kier alpha value is -0.930. The van der Waals surface area contributed by atoms with Gasteiger partial charge >= 0.3 is 0 Å². The fraction of sp³-hybridized carbons (Fsp3) is 0.583. The lowest BCUT2D eigenvalue weighted by atomic mass is 10.1. The first kappa shape index (κ1) is 12.1. The van der Waals surface area contributed by atoms with Gasteiger partial charge in [-0.3, -0.25) is 4.98 Å². The zero-order valence-corrected chi connectivity index (χ0v) is 9.57. The van der Waals surface area contributed by atoms with Crippen LogP contribution in [0.4, 0.5) is 0 Å². The zero-order chi connectivity index (χ0) is 11.1. The maximum atomic E-state index is 6.03. The third-order valence-corrected chi connectivity index (χ3v) is 2.25. The molecule has 15 heavy (non-hydrogen) atoms. The molecular weight excluding hydrogens is 188 g/mol. The summed E-state index contributed by atoms with van der Waals surface area (Å²) in [6.45, 7) is 5.67. The van der Waals surface area contributed by atoms with Crippen LogP contribution >= 0.6 is 0 Å². The standard InChI is InChI=1S/C12H20N2O/c1-3-5-15-6-4-12(13)11-7-10(2)8-14-9-11/h7-9,12H,3-6,13H2,1-2H3. The number of pyridine rings is 1. The lowest BCUT2D eigenvalue weighted by molar-refractivity contribution is 0.128. The van der Waals surface area contributed by atoms with Crippen molar-refractivity contribution in [3.05, 3.63) is 29.6 Å². The van der Waals surface area contributed by atoms with E-state index in [0.29, 0.717) is 0 Å². The van der Waals surface area contributed by atoms with Crippen molar-refractivity contribution in [2.75, 3.05) is 13.2 Å². The molecule has 0 aliphatic carbocycles. The molecule has 0 aliphatic heterocycles. The van der Waals surface area contributed by atoms with E-state index in [9.17, 15) is 0 Å². The van der Waals surface area contributed by atoms with Gasteiger partial charge in [0.1, 0.15) is 0 Å². The van der Waals surface area contributed by atoms with Crippen molar-refractivity contribution in [2.45, 2.75) is 32.7 Å². The van der Waals surface area contributed by atoms with Crippen molar-refractivity contribution < 1.29 is 4.74 Å². The Bertz CT molecular complexity index is 289. The number of hydrogen-bond donors (Lipinski definition) is 1. The van der Waals surface area contributed by atoms with Gasteiger partial charge in [0.2, 0.25) is 0 Å². The molecule has 0 bridgehead atoms. The van der Waals surface area contributed by atoms with Crippen molar-refractivity contribution >= 4 is 0 Å². The van der Waals surface area contributed by atoms with Gasteiger partial charge in [-0.15, -0.1) is 0 Å². The fourth-order valence-electron chi connectivity index (χ4n) is 1.40. The second-order valence-electron chi connectivity index (χ2n) is 3.80. The molecule has 3 nitrogen and oxygen atoms in total. The van der Waals surface area contributed by atoms with Crippen LogP contribution in [0, 0.1) is 6.92 Å². The molecule has 0 saturated carbocycles. The van der Waals surface area contributed by atoms with E-state index in [1.54, 1.807) is 0 Å². The first-order valence-electron chi connectivity index (χ1n) is 5.49. The Morgan fingerprint density at radius 3 is 2.87 bits per heavy atom. The summed E-state index contributed by atoms with van der Waals surface area (Å²) in [6, 6.07) is 2.12. The minimum absolute atomic E-state index is 0.0363. The third-order valence-electron chi connectivity index (χ3n) is 2.25. The van der Waals surface area contributed by atoms with E-state index in [-0.39, 0.29) is 6.04 Å². The van der Waals surface area contributed by atoms with Crippen molar-refractivity contribution in [2.24, 2.45) is 5.73 Å². The molecule has 0 spiro atoms. The minimum Gasteiger partial charge on any atom is -0.381 e. The van der Waals surface area contributed by atoms with Crippen molar-refractivity contribution in [3.8, 4) is 0 Å². The highest BCUT2D eigenvalue weighted by Gasteiger charge is 2.05. The zero-order valence-electron chi connectivity index (χ0n) is 9.57. The smallest absolute Gasteiger partial charge is 0.0484 e. The first-order chi connectivity index (χ1) is 7.24. The van der Waals surface area contributed by atoms with Crippen LogP contribution in [-0.4, -0.2) is 18.2 Å². The lowest BCUT2D eigenvalue weighted by Gasteiger charge is -2.12. The van der Waals surface area contributed by atoms with Crippen molar-refractivity contribution in [1.82, 2.24) is 4.98 Å². The highest BCUT2D eigenvalue weighted by atomic mass is 16.5. The number of ether oxygens (including phenoxy) is 1. The van der Waals surface area contributed by atoms with Gasteiger partial charge in [0, 0.05) is 31.6 Å². The number of rotatable bonds is 6. The van der Waals surface area contributed by atoms with Gasteiger partial charge in [-0.1, -0.05) is 13.0 Å². The topological polar surface area (TPSA) is 48.1 Å². The van der Waals surface area contributed by atoms with E-state index in [1.165, 1.54) is 0 Å². The van der Waals surface area contributed by atoms with Crippen LogP contribution in [0.15, 0.2) is 18.5 Å². The summed E-state index contributed by atoms with van der Waals surface area (Å²) in [5.74, 6) is 0. The number of hydrogen-bond acceptors (Lipinski definition) is 3. The number of nitrogens with two attached hydrogens (primary N) is 1. The summed E-state index contributed by atoms with van der Waals surface area (Å²) in [5.41, 5.74) is 8.27. The highest BCUT2D eigenvalue weighted by Crippen LogP contribution is 2.13. The van der Waals surface area contributed by atoms with Crippen LogP contribution in [-0.2, 0) is 4.74 Å². The molecule has 2 N–H and O–H groups in total. The summed E-state index contributed by atoms with van der Waals surface area (Å²) in [6.07, 6.45) is 5.58. The van der Waals surface area contributed by atoms with E-state index < -0.39 is 0 Å². The van der Waals surface area contributed by atoms with Gasteiger partial charge in [0.25, 0.3) is 0 Å². The molecule has 1 aromatic rings. The molecule has 0 fully saturated rings. The van der Waals surface area contributed by atoms with Gasteiger partial charge in [-0.25, -0.2) is 0 Å². The molecule has 84 valence electrons. The van der Waals surface area contributed by atoms with Crippen LogP contribution in [0.3, 0.4) is 0 Å². The monoisotopic (exact) mass is 208 g/mol. The number of aromatic nitrogens is 1. The minimum atomic E-state index is 0.0363. The quantitative estimate of drug-likeness (QED) is 0.729. The van der Waals surface area contributed by atoms with E-state index in [1.807, 2.05) is 19.3 Å². The normalized spacial score (nSPS) is 12.7. The summed E-state index contributed by atoms with van der Waals surface area (Å²) >= 11 is 0. The predicted molar refractivity (Wildman–Crippen MR) is 61.6 cm³/mol. The molecule has 1 aromatic heterocycles. The van der Waals surface area contributed by atoms with Gasteiger partial charge in [0.15, 0.2) is 0 Å². The van der Waals surface area contributed by atoms with Gasteiger partial charge in [-0.05, 0) is 30.9 Å². The maximum absolute atomic E-state index is 6.03. The highest BCUT2D eigenvalue weighted by molar-refractivity contribution is 5.19. The Labute approximate surface area is 91.7 Å². The molecule has 1 unspecified atom stereocenters. The molecule has 1 heterocycles. The van der Waals surface area contributed by atoms with E-state index in [4.69, 9.17) is 10.5 Å². The second-order valence-corrected chi connectivity index (χ2v) is 3.80. The van der Waals surface area contributed by atoms with E-state index in [0.717, 1.165) is 37.2 Å². The largest absolute Gasteiger partial charge is 0.381 e. The molecular formula is C12H20N2O. The predicted octanol–water partition coefficient (Wildman–Crippen LogP) is 2.21. The summed E-state index contributed by atoms with van der Waals surface area (Å²) < 4.78 is 5.40. The van der Waals surface area contributed by atoms with Crippen LogP contribution < -0.4 is 5.73 Å². The average Bonchev–Trinajstić information content (AvgIpc) is 2.24. The molecule has 0 aromatic carbocycles. The van der Waals surface area contributed by atoms with E-state index in [2.05, 4.69) is 18.0 Å². The second kappa shape index (κ2) is 6.53. The van der Waals surface area contributed by atoms with Crippen molar-refractivity contribution in [3.63, 3.8) is 0 Å². The molecule has 1 atom stereocenters. The fourth-order valence-corrected chi connectivity index (χ4v) is 1.40. The lowest BCUT2D eigenvalue weighted by Crippen LogP contribution is -2.13. The first-order valence-corrected chi connectivity index (χ1v) is 5.49. The Morgan fingerprint density at radius 2 is 2.20 bits per heavy atom. The molecule has 0 aliphatic rings. The van der Waals surface area contributed by atoms with Gasteiger partial charge in [0.05, 0.1) is 0 Å². The molecule has 0 amide bonds. The molecule has 3 heteroatoms. The number of aryl methyl sites for hydroxylation is 1. The Morgan fingerprint density at radius 1 is 1.40 bits per heavy atom. The van der Waals surface area contributed by atoms with E-state index >= 15 is 0 Å². The number of nitrogens with zero attached hydrogens (tertiary/aromatic N) is 1. The van der Waals surface area contributed by atoms with Gasteiger partial charge < -0.3 is 10.5 Å². The molecule has 1 rings (SSSR count). The van der Waals surface area contributed by atoms with Crippen LogP contribution in [0.5, 0.6) is 0 Å². The van der Waals surface area contributed by atoms with Gasteiger partial charge in [-0.2, -0.15) is 0 Å². The van der Waals surface area contributed by atoms with Crippen LogP contribution in [0.1, 0.15) is 36.9 Å². The molecule has 0 saturated heterocycles. The summed E-state index contributed by atoms with van der Waals surface area (Å²) in [5, 5.41) is 0. The van der Waals surface area contributed by atoms with Crippen LogP contribution in [0.2, 0.25) is 0 Å². The van der Waals surface area contributed by atoms with Crippen LogP contribution in [0.25, 0.3) is 0 Å². The Balaban J connectivity index is 2.36. The third kappa shape index (κ3) is 4.40.